The maximum Gasteiger partial charge on any atom is 0.223 e. The van der Waals surface area contributed by atoms with Gasteiger partial charge in [-0.2, -0.15) is 0 Å². The zero-order chi connectivity index (χ0) is 17.1. The Balaban J connectivity index is 1.62. The fourth-order valence-corrected chi connectivity index (χ4v) is 3.31. The number of ether oxygens (including phenoxy) is 1. The molecule has 1 fully saturated rings. The second-order valence-electron chi connectivity index (χ2n) is 6.02. The van der Waals surface area contributed by atoms with E-state index in [1.54, 1.807) is 0 Å². The zero-order valence-corrected chi connectivity index (χ0v) is 14.7. The lowest BCUT2D eigenvalue weighted by Gasteiger charge is -2.33. The van der Waals surface area contributed by atoms with Gasteiger partial charge in [-0.15, -0.1) is 0 Å². The Morgan fingerprint density at radius 1 is 1.38 bits per heavy atom. The van der Waals surface area contributed by atoms with Crippen molar-refractivity contribution in [3.63, 3.8) is 0 Å². The van der Waals surface area contributed by atoms with Gasteiger partial charge in [0.25, 0.3) is 0 Å². The standard InChI is InChI=1S/C18H21ClN2O3/c1-12-14(13(2)24-20-12)7-8-18(22)21-9-10-23-17(11-21)15-5-3-4-6-16(15)19/h3-6,17H,7-11H2,1-2H3. The lowest BCUT2D eigenvalue weighted by molar-refractivity contribution is -0.139. The quantitative estimate of drug-likeness (QED) is 0.848. The number of morpholine rings is 1. The van der Waals surface area contributed by atoms with Gasteiger partial charge in [0.05, 0.1) is 18.8 Å². The van der Waals surface area contributed by atoms with Crippen LogP contribution in [0.5, 0.6) is 0 Å². The number of hydrogen-bond donors (Lipinski definition) is 0. The van der Waals surface area contributed by atoms with Crippen LogP contribution in [0.25, 0.3) is 0 Å². The van der Waals surface area contributed by atoms with E-state index in [-0.39, 0.29) is 12.0 Å². The summed E-state index contributed by atoms with van der Waals surface area (Å²) in [4.78, 5) is 14.4. The van der Waals surface area contributed by atoms with Crippen molar-refractivity contribution in [3.8, 4) is 0 Å². The van der Waals surface area contributed by atoms with Crippen molar-refractivity contribution in [2.75, 3.05) is 19.7 Å². The first kappa shape index (κ1) is 17.0. The molecule has 128 valence electrons. The molecule has 1 aliphatic heterocycles. The summed E-state index contributed by atoms with van der Waals surface area (Å²) in [5.41, 5.74) is 2.82. The number of halogens is 1. The van der Waals surface area contributed by atoms with Crippen LogP contribution in [-0.2, 0) is 16.0 Å². The van der Waals surface area contributed by atoms with Crippen molar-refractivity contribution in [2.45, 2.75) is 32.8 Å². The van der Waals surface area contributed by atoms with Gasteiger partial charge in [0.2, 0.25) is 5.91 Å². The maximum atomic E-state index is 12.6. The molecule has 0 radical (unpaired) electrons. The van der Waals surface area contributed by atoms with E-state index in [0.29, 0.717) is 37.6 Å². The number of hydrogen-bond acceptors (Lipinski definition) is 4. The van der Waals surface area contributed by atoms with Gasteiger partial charge in [0.15, 0.2) is 0 Å². The minimum absolute atomic E-state index is 0.121. The fraction of sp³-hybridized carbons (Fsp3) is 0.444. The van der Waals surface area contributed by atoms with Crippen molar-refractivity contribution in [3.05, 3.63) is 51.9 Å². The Bertz CT molecular complexity index is 709. The number of nitrogens with zero attached hydrogens (tertiary/aromatic N) is 2. The highest BCUT2D eigenvalue weighted by molar-refractivity contribution is 6.31. The topological polar surface area (TPSA) is 55.6 Å². The van der Waals surface area contributed by atoms with Crippen LogP contribution in [0.4, 0.5) is 0 Å². The largest absolute Gasteiger partial charge is 0.370 e. The predicted molar refractivity (Wildman–Crippen MR) is 91.0 cm³/mol. The van der Waals surface area contributed by atoms with Crippen LogP contribution < -0.4 is 0 Å². The molecule has 0 spiro atoms. The molecule has 2 aromatic rings. The number of amides is 1. The van der Waals surface area contributed by atoms with E-state index in [4.69, 9.17) is 20.9 Å². The molecule has 0 N–H and O–H groups in total. The molecule has 1 aromatic heterocycles. The SMILES string of the molecule is Cc1noc(C)c1CCC(=O)N1CCOC(c2ccccc2Cl)C1. The second kappa shape index (κ2) is 7.36. The van der Waals surface area contributed by atoms with E-state index < -0.39 is 0 Å². The Morgan fingerprint density at radius 2 is 2.17 bits per heavy atom. The third kappa shape index (κ3) is 3.62. The van der Waals surface area contributed by atoms with E-state index >= 15 is 0 Å². The molecule has 0 aliphatic carbocycles. The first-order valence-corrected chi connectivity index (χ1v) is 8.49. The van der Waals surface area contributed by atoms with Crippen LogP contribution >= 0.6 is 11.6 Å². The predicted octanol–water partition coefficient (Wildman–Crippen LogP) is 3.48. The average Bonchev–Trinajstić information content (AvgIpc) is 2.91. The van der Waals surface area contributed by atoms with Gasteiger partial charge >= 0.3 is 0 Å². The normalized spacial score (nSPS) is 18.0. The van der Waals surface area contributed by atoms with E-state index in [9.17, 15) is 4.79 Å². The van der Waals surface area contributed by atoms with Crippen molar-refractivity contribution >= 4 is 17.5 Å². The minimum Gasteiger partial charge on any atom is -0.370 e. The van der Waals surface area contributed by atoms with Crippen LogP contribution in [0.1, 0.15) is 35.1 Å². The summed E-state index contributed by atoms with van der Waals surface area (Å²) in [5.74, 6) is 0.909. The first-order chi connectivity index (χ1) is 11.6. The van der Waals surface area contributed by atoms with Crippen molar-refractivity contribution in [2.24, 2.45) is 0 Å². The highest BCUT2D eigenvalue weighted by Crippen LogP contribution is 2.28. The lowest BCUT2D eigenvalue weighted by atomic mass is 10.1. The van der Waals surface area contributed by atoms with Crippen molar-refractivity contribution < 1.29 is 14.1 Å². The summed E-state index contributed by atoms with van der Waals surface area (Å²) in [5, 5.41) is 4.61. The lowest BCUT2D eigenvalue weighted by Crippen LogP contribution is -2.42. The van der Waals surface area contributed by atoms with Crippen LogP contribution in [0.3, 0.4) is 0 Å². The molecular formula is C18H21ClN2O3. The number of carbonyl (C=O) groups is 1. The van der Waals surface area contributed by atoms with Crippen LogP contribution in [0, 0.1) is 13.8 Å². The van der Waals surface area contributed by atoms with Gasteiger partial charge in [0, 0.05) is 29.1 Å². The third-order valence-electron chi connectivity index (χ3n) is 4.44. The Labute approximate surface area is 146 Å². The van der Waals surface area contributed by atoms with Crippen molar-refractivity contribution in [1.82, 2.24) is 10.1 Å². The van der Waals surface area contributed by atoms with E-state index in [0.717, 1.165) is 22.6 Å². The summed E-state index contributed by atoms with van der Waals surface area (Å²) in [7, 11) is 0. The van der Waals surface area contributed by atoms with E-state index in [2.05, 4.69) is 5.16 Å². The fourth-order valence-electron chi connectivity index (χ4n) is 3.05. The Kier molecular flexibility index (Phi) is 5.21. The Hall–Kier alpha value is -1.85. The molecule has 1 unspecified atom stereocenters. The smallest absolute Gasteiger partial charge is 0.223 e. The molecule has 1 aliphatic rings. The zero-order valence-electron chi connectivity index (χ0n) is 13.9. The van der Waals surface area contributed by atoms with E-state index in [1.807, 2.05) is 43.0 Å². The molecule has 1 amide bonds. The van der Waals surface area contributed by atoms with Crippen LogP contribution in [-0.4, -0.2) is 35.7 Å². The van der Waals surface area contributed by atoms with Gasteiger partial charge in [-0.1, -0.05) is 35.0 Å². The molecular weight excluding hydrogens is 328 g/mol. The first-order valence-electron chi connectivity index (χ1n) is 8.12. The molecule has 0 saturated carbocycles. The third-order valence-corrected chi connectivity index (χ3v) is 4.79. The molecule has 24 heavy (non-hydrogen) atoms. The number of rotatable bonds is 4. The minimum atomic E-state index is -0.171. The van der Waals surface area contributed by atoms with Gasteiger partial charge in [-0.25, -0.2) is 0 Å². The molecule has 1 aromatic carbocycles. The van der Waals surface area contributed by atoms with Gasteiger partial charge < -0.3 is 14.2 Å². The summed E-state index contributed by atoms with van der Waals surface area (Å²) in [6.07, 6.45) is 0.919. The van der Waals surface area contributed by atoms with E-state index in [1.165, 1.54) is 0 Å². The molecule has 1 atom stereocenters. The van der Waals surface area contributed by atoms with Crippen LogP contribution in [0.2, 0.25) is 5.02 Å². The van der Waals surface area contributed by atoms with Gasteiger partial charge in [-0.05, 0) is 26.3 Å². The second-order valence-corrected chi connectivity index (χ2v) is 6.43. The molecule has 5 nitrogen and oxygen atoms in total. The summed E-state index contributed by atoms with van der Waals surface area (Å²) in [6, 6.07) is 7.62. The average molecular weight is 349 g/mol. The molecule has 1 saturated heterocycles. The summed E-state index contributed by atoms with van der Waals surface area (Å²) in [6.45, 7) is 5.44. The molecule has 2 heterocycles. The van der Waals surface area contributed by atoms with Gasteiger partial charge in [-0.3, -0.25) is 4.79 Å². The summed E-state index contributed by atoms with van der Waals surface area (Å²) < 4.78 is 11.0. The van der Waals surface area contributed by atoms with Gasteiger partial charge in [0.1, 0.15) is 11.9 Å². The number of aryl methyl sites for hydroxylation is 2. The Morgan fingerprint density at radius 3 is 2.88 bits per heavy atom. The monoisotopic (exact) mass is 348 g/mol. The highest BCUT2D eigenvalue weighted by Gasteiger charge is 2.26. The van der Waals surface area contributed by atoms with Crippen molar-refractivity contribution in [1.29, 1.82) is 0 Å². The number of aromatic nitrogens is 1. The number of carbonyl (C=O) groups excluding carboxylic acids is 1. The molecule has 3 rings (SSSR count). The number of benzene rings is 1. The molecule has 0 bridgehead atoms. The highest BCUT2D eigenvalue weighted by atomic mass is 35.5. The summed E-state index contributed by atoms with van der Waals surface area (Å²) >= 11 is 6.25. The maximum absolute atomic E-state index is 12.6. The van der Waals surface area contributed by atoms with Crippen LogP contribution in [0.15, 0.2) is 28.8 Å². The molecule has 6 heteroatoms.